The van der Waals surface area contributed by atoms with Gasteiger partial charge in [-0.25, -0.2) is 0 Å². The van der Waals surface area contributed by atoms with Crippen molar-refractivity contribution >= 4 is 6.01 Å². The highest BCUT2D eigenvalue weighted by molar-refractivity contribution is 5.31. The number of ether oxygens (including phenoxy) is 1. The van der Waals surface area contributed by atoms with Crippen LogP contribution in [0.1, 0.15) is 32.2 Å². The van der Waals surface area contributed by atoms with Gasteiger partial charge in [0.05, 0.1) is 7.11 Å². The fraction of sp³-hybridized carbons (Fsp3) is 0.429. The third kappa shape index (κ3) is 3.98. The molecule has 0 saturated heterocycles. The lowest BCUT2D eigenvalue weighted by atomic mass is 10.1. The molecule has 1 aromatic carbocycles. The molecule has 0 spiro atoms. The van der Waals surface area contributed by atoms with Crippen molar-refractivity contribution in [1.82, 2.24) is 10.1 Å². The summed E-state index contributed by atoms with van der Waals surface area (Å²) in [6, 6.07) is 8.28. The van der Waals surface area contributed by atoms with E-state index in [-0.39, 0.29) is 5.54 Å². The van der Waals surface area contributed by atoms with Crippen molar-refractivity contribution in [1.29, 1.82) is 0 Å². The van der Waals surface area contributed by atoms with Crippen LogP contribution in [-0.2, 0) is 6.42 Å². The predicted octanol–water partition coefficient (Wildman–Crippen LogP) is 2.88. The van der Waals surface area contributed by atoms with E-state index in [0.717, 1.165) is 11.3 Å². The summed E-state index contributed by atoms with van der Waals surface area (Å²) in [6.45, 7) is 6.12. The van der Waals surface area contributed by atoms with Crippen LogP contribution in [0.5, 0.6) is 5.75 Å². The summed E-state index contributed by atoms with van der Waals surface area (Å²) in [5, 5.41) is 7.11. The van der Waals surface area contributed by atoms with Crippen LogP contribution in [0.25, 0.3) is 0 Å². The van der Waals surface area contributed by atoms with Gasteiger partial charge in [0.15, 0.2) is 5.82 Å². The molecule has 0 atom stereocenters. The van der Waals surface area contributed by atoms with Gasteiger partial charge >= 0.3 is 6.01 Å². The molecule has 0 amide bonds. The number of hydrogen-bond acceptors (Lipinski definition) is 5. The van der Waals surface area contributed by atoms with E-state index in [4.69, 9.17) is 9.26 Å². The number of benzene rings is 1. The number of hydrogen-bond donors (Lipinski definition) is 1. The number of aromatic nitrogens is 2. The Morgan fingerprint density at radius 3 is 2.79 bits per heavy atom. The second kappa shape index (κ2) is 5.30. The van der Waals surface area contributed by atoms with E-state index in [0.29, 0.717) is 18.3 Å². The van der Waals surface area contributed by atoms with Crippen molar-refractivity contribution < 1.29 is 9.26 Å². The first-order chi connectivity index (χ1) is 8.96. The number of nitrogens with zero attached hydrogens (tertiary/aromatic N) is 2. The smallest absolute Gasteiger partial charge is 0.321 e. The predicted molar refractivity (Wildman–Crippen MR) is 73.5 cm³/mol. The van der Waals surface area contributed by atoms with Crippen molar-refractivity contribution in [3.05, 3.63) is 35.7 Å². The van der Waals surface area contributed by atoms with Crippen LogP contribution < -0.4 is 10.1 Å². The summed E-state index contributed by atoms with van der Waals surface area (Å²) in [5.74, 6) is 1.48. The Bertz CT molecular complexity index is 544. The maximum absolute atomic E-state index is 5.19. The molecule has 0 bridgehead atoms. The fourth-order valence-electron chi connectivity index (χ4n) is 1.66. The summed E-state index contributed by atoms with van der Waals surface area (Å²) >= 11 is 0. The fourth-order valence-corrected chi connectivity index (χ4v) is 1.66. The Morgan fingerprint density at radius 1 is 1.32 bits per heavy atom. The van der Waals surface area contributed by atoms with Crippen molar-refractivity contribution in [2.24, 2.45) is 0 Å². The van der Waals surface area contributed by atoms with Crippen LogP contribution in [0, 0.1) is 0 Å². The van der Waals surface area contributed by atoms with E-state index in [1.807, 2.05) is 45.0 Å². The molecule has 0 aliphatic heterocycles. The van der Waals surface area contributed by atoms with Crippen molar-refractivity contribution in [2.45, 2.75) is 32.7 Å². The van der Waals surface area contributed by atoms with Gasteiger partial charge in [-0.15, -0.1) is 0 Å². The summed E-state index contributed by atoms with van der Waals surface area (Å²) in [6.07, 6.45) is 0.618. The Hall–Kier alpha value is -2.04. The standard InChI is InChI=1S/C14H19N3O2/c1-14(2,3)16-13-15-12(17-19-13)9-10-6-5-7-11(8-10)18-4/h5-8H,9H2,1-4H3,(H,15,16,17). The Balaban J connectivity index is 2.07. The normalized spacial score (nSPS) is 11.4. The molecule has 102 valence electrons. The number of nitrogens with one attached hydrogen (secondary N) is 1. The molecule has 0 saturated carbocycles. The summed E-state index contributed by atoms with van der Waals surface area (Å²) in [5.41, 5.74) is 0.988. The molecule has 0 radical (unpaired) electrons. The second-order valence-electron chi connectivity index (χ2n) is 5.42. The van der Waals surface area contributed by atoms with Gasteiger partial charge in [-0.1, -0.05) is 17.3 Å². The lowest BCUT2D eigenvalue weighted by Crippen LogP contribution is -2.26. The zero-order chi connectivity index (χ0) is 13.9. The molecule has 1 heterocycles. The molecule has 5 heteroatoms. The van der Waals surface area contributed by atoms with Gasteiger partial charge in [0.1, 0.15) is 5.75 Å². The van der Waals surface area contributed by atoms with Gasteiger partial charge in [-0.2, -0.15) is 4.98 Å². The number of methoxy groups -OCH3 is 1. The molecule has 5 nitrogen and oxygen atoms in total. The lowest BCUT2D eigenvalue weighted by Gasteiger charge is -2.17. The third-order valence-corrected chi connectivity index (χ3v) is 2.45. The van der Waals surface area contributed by atoms with Crippen LogP contribution in [-0.4, -0.2) is 22.8 Å². The molecular weight excluding hydrogens is 242 g/mol. The first-order valence-electron chi connectivity index (χ1n) is 6.20. The van der Waals surface area contributed by atoms with E-state index in [1.54, 1.807) is 7.11 Å². The highest BCUT2D eigenvalue weighted by Crippen LogP contribution is 2.17. The van der Waals surface area contributed by atoms with Crippen LogP contribution in [0.15, 0.2) is 28.8 Å². The minimum absolute atomic E-state index is 0.0974. The van der Waals surface area contributed by atoms with Crippen molar-refractivity contribution in [3.63, 3.8) is 0 Å². The number of rotatable bonds is 4. The Labute approximate surface area is 113 Å². The molecule has 1 aromatic heterocycles. The molecule has 0 fully saturated rings. The van der Waals surface area contributed by atoms with Crippen LogP contribution in [0.2, 0.25) is 0 Å². The van der Waals surface area contributed by atoms with E-state index >= 15 is 0 Å². The molecular formula is C14H19N3O2. The minimum atomic E-state index is -0.0974. The second-order valence-corrected chi connectivity index (χ2v) is 5.42. The SMILES string of the molecule is COc1cccc(Cc2noc(NC(C)(C)C)n2)c1. The molecule has 0 aliphatic carbocycles. The zero-order valence-electron chi connectivity index (χ0n) is 11.7. The maximum Gasteiger partial charge on any atom is 0.321 e. The average molecular weight is 261 g/mol. The van der Waals surface area contributed by atoms with Gasteiger partial charge in [-0.05, 0) is 38.5 Å². The van der Waals surface area contributed by atoms with Crippen LogP contribution in [0.3, 0.4) is 0 Å². The van der Waals surface area contributed by atoms with Crippen LogP contribution >= 0.6 is 0 Å². The topological polar surface area (TPSA) is 60.2 Å². The van der Waals surface area contributed by atoms with E-state index in [9.17, 15) is 0 Å². The number of anilines is 1. The molecule has 2 aromatic rings. The molecule has 2 rings (SSSR count). The molecule has 0 unspecified atom stereocenters. The van der Waals surface area contributed by atoms with Crippen molar-refractivity contribution in [2.75, 3.05) is 12.4 Å². The highest BCUT2D eigenvalue weighted by atomic mass is 16.5. The van der Waals surface area contributed by atoms with E-state index < -0.39 is 0 Å². The maximum atomic E-state index is 5.19. The Kier molecular flexibility index (Phi) is 3.74. The largest absolute Gasteiger partial charge is 0.497 e. The van der Waals surface area contributed by atoms with Gasteiger partial charge in [0.25, 0.3) is 0 Å². The molecule has 0 aliphatic rings. The summed E-state index contributed by atoms with van der Waals surface area (Å²) in [7, 11) is 1.65. The summed E-state index contributed by atoms with van der Waals surface area (Å²) < 4.78 is 10.4. The summed E-state index contributed by atoms with van der Waals surface area (Å²) in [4.78, 5) is 4.32. The van der Waals surface area contributed by atoms with Gasteiger partial charge < -0.3 is 14.6 Å². The quantitative estimate of drug-likeness (QED) is 0.917. The monoisotopic (exact) mass is 261 g/mol. The molecule has 19 heavy (non-hydrogen) atoms. The zero-order valence-corrected chi connectivity index (χ0v) is 11.7. The lowest BCUT2D eigenvalue weighted by molar-refractivity contribution is 0.411. The molecule has 1 N–H and O–H groups in total. The van der Waals surface area contributed by atoms with Crippen LogP contribution in [0.4, 0.5) is 6.01 Å². The van der Waals surface area contributed by atoms with E-state index in [2.05, 4.69) is 15.5 Å². The van der Waals surface area contributed by atoms with Gasteiger partial charge in [-0.3, -0.25) is 0 Å². The third-order valence-electron chi connectivity index (χ3n) is 2.45. The van der Waals surface area contributed by atoms with Gasteiger partial charge in [0.2, 0.25) is 0 Å². The Morgan fingerprint density at radius 2 is 2.11 bits per heavy atom. The highest BCUT2D eigenvalue weighted by Gasteiger charge is 2.14. The van der Waals surface area contributed by atoms with Gasteiger partial charge in [0, 0.05) is 12.0 Å². The average Bonchev–Trinajstić information content (AvgIpc) is 2.74. The first kappa shape index (κ1) is 13.4. The minimum Gasteiger partial charge on any atom is -0.497 e. The first-order valence-corrected chi connectivity index (χ1v) is 6.20. The van der Waals surface area contributed by atoms with E-state index in [1.165, 1.54) is 0 Å². The van der Waals surface area contributed by atoms with Crippen molar-refractivity contribution in [3.8, 4) is 5.75 Å².